The van der Waals surface area contributed by atoms with Gasteiger partial charge in [0.1, 0.15) is 0 Å². The summed E-state index contributed by atoms with van der Waals surface area (Å²) in [6.45, 7) is 2.11. The van der Waals surface area contributed by atoms with Gasteiger partial charge >= 0.3 is 0 Å². The second-order valence-corrected chi connectivity index (χ2v) is 4.80. The Hall–Kier alpha value is -1.35. The van der Waals surface area contributed by atoms with E-state index in [0.29, 0.717) is 6.42 Å². The minimum Gasteiger partial charge on any atom is -0.328 e. The lowest BCUT2D eigenvalue weighted by atomic mass is 10.0. The van der Waals surface area contributed by atoms with E-state index in [1.807, 2.05) is 13.1 Å². The molecule has 3 nitrogen and oxygen atoms in total. The van der Waals surface area contributed by atoms with E-state index in [4.69, 9.17) is 5.73 Å². The number of hydrogen-bond acceptors (Lipinski definition) is 2. The topological polar surface area (TPSA) is 46.3 Å². The number of fused-ring (bicyclic) bond motifs is 1. The Morgan fingerprint density at radius 2 is 2.24 bits per heavy atom. The zero-order valence-electron chi connectivity index (χ0n) is 10.6. The highest BCUT2D eigenvalue weighted by Gasteiger charge is 2.23. The van der Waals surface area contributed by atoms with E-state index in [9.17, 15) is 4.79 Å². The van der Waals surface area contributed by atoms with Crippen LogP contribution in [0, 0.1) is 0 Å². The summed E-state index contributed by atoms with van der Waals surface area (Å²) in [6.07, 6.45) is 3.57. The first-order chi connectivity index (χ1) is 8.11. The normalized spacial score (nSPS) is 16.2. The summed E-state index contributed by atoms with van der Waals surface area (Å²) in [5.41, 5.74) is 9.41. The second-order valence-electron chi connectivity index (χ2n) is 4.80. The molecule has 1 heterocycles. The van der Waals surface area contributed by atoms with Crippen LogP contribution in [-0.2, 0) is 17.6 Å². The average Bonchev–Trinajstić information content (AvgIpc) is 2.62. The molecule has 3 heteroatoms. The summed E-state index contributed by atoms with van der Waals surface area (Å²) in [5.74, 6) is 0.183. The summed E-state index contributed by atoms with van der Waals surface area (Å²) < 4.78 is 0. The van der Waals surface area contributed by atoms with Crippen LogP contribution in [0.15, 0.2) is 18.2 Å². The molecule has 2 rings (SSSR count). The molecule has 0 saturated heterocycles. The fourth-order valence-electron chi connectivity index (χ4n) is 2.24. The number of carbonyl (C=O) groups excluding carboxylic acids is 1. The fraction of sp³-hybridized carbons (Fsp3) is 0.500. The van der Waals surface area contributed by atoms with Crippen LogP contribution in [-0.4, -0.2) is 19.0 Å². The first-order valence-corrected chi connectivity index (χ1v) is 6.25. The molecule has 1 aliphatic heterocycles. The zero-order chi connectivity index (χ0) is 12.4. The van der Waals surface area contributed by atoms with Gasteiger partial charge in [0.25, 0.3) is 0 Å². The maximum atomic E-state index is 11.6. The number of likely N-dealkylation sites (N-methyl/N-ethyl adjacent to an activating group) is 1. The summed E-state index contributed by atoms with van der Waals surface area (Å²) in [5, 5.41) is 0. The van der Waals surface area contributed by atoms with Gasteiger partial charge in [0, 0.05) is 18.8 Å². The van der Waals surface area contributed by atoms with Gasteiger partial charge in [-0.25, -0.2) is 0 Å². The molecule has 17 heavy (non-hydrogen) atoms. The largest absolute Gasteiger partial charge is 0.328 e. The van der Waals surface area contributed by atoms with E-state index in [0.717, 1.165) is 30.5 Å². The quantitative estimate of drug-likeness (QED) is 0.861. The minimum absolute atomic E-state index is 0.183. The number of aryl methyl sites for hydroxylation is 1. The van der Waals surface area contributed by atoms with Crippen molar-refractivity contribution in [2.45, 2.75) is 38.6 Å². The molecular formula is C14H20N2O. The van der Waals surface area contributed by atoms with Crippen LogP contribution < -0.4 is 10.6 Å². The van der Waals surface area contributed by atoms with E-state index in [1.165, 1.54) is 5.56 Å². The SMILES string of the molecule is CCC(N)CCc1ccc2c(c1)CC(=O)N2C. The molecule has 1 unspecified atom stereocenters. The van der Waals surface area contributed by atoms with Gasteiger partial charge in [-0.05, 0) is 36.5 Å². The van der Waals surface area contributed by atoms with Crippen molar-refractivity contribution in [1.82, 2.24) is 0 Å². The van der Waals surface area contributed by atoms with Crippen LogP contribution in [0.5, 0.6) is 0 Å². The summed E-state index contributed by atoms with van der Waals surface area (Å²) in [7, 11) is 1.83. The van der Waals surface area contributed by atoms with E-state index in [1.54, 1.807) is 4.90 Å². The lowest BCUT2D eigenvalue weighted by molar-refractivity contribution is -0.117. The molecule has 0 bridgehead atoms. The Balaban J connectivity index is 2.08. The van der Waals surface area contributed by atoms with E-state index in [-0.39, 0.29) is 11.9 Å². The van der Waals surface area contributed by atoms with Gasteiger partial charge in [0.2, 0.25) is 5.91 Å². The van der Waals surface area contributed by atoms with Gasteiger partial charge in [0.05, 0.1) is 6.42 Å². The number of nitrogens with zero attached hydrogens (tertiary/aromatic N) is 1. The average molecular weight is 232 g/mol. The molecule has 0 aliphatic carbocycles. The fourth-order valence-corrected chi connectivity index (χ4v) is 2.24. The number of amides is 1. The first-order valence-electron chi connectivity index (χ1n) is 6.25. The van der Waals surface area contributed by atoms with Gasteiger partial charge in [-0.1, -0.05) is 19.1 Å². The highest BCUT2D eigenvalue weighted by molar-refractivity contribution is 6.00. The number of anilines is 1. The van der Waals surface area contributed by atoms with Crippen molar-refractivity contribution in [3.8, 4) is 0 Å². The van der Waals surface area contributed by atoms with Crippen molar-refractivity contribution in [2.24, 2.45) is 5.73 Å². The molecule has 2 N–H and O–H groups in total. The van der Waals surface area contributed by atoms with Crippen LogP contribution >= 0.6 is 0 Å². The number of carbonyl (C=O) groups is 1. The van der Waals surface area contributed by atoms with E-state index >= 15 is 0 Å². The third-order valence-electron chi connectivity index (χ3n) is 3.55. The van der Waals surface area contributed by atoms with Gasteiger partial charge in [-0.3, -0.25) is 4.79 Å². The Labute approximate surface area is 103 Å². The van der Waals surface area contributed by atoms with Crippen LogP contribution in [0.4, 0.5) is 5.69 Å². The maximum Gasteiger partial charge on any atom is 0.231 e. The summed E-state index contributed by atoms with van der Waals surface area (Å²) >= 11 is 0. The van der Waals surface area contributed by atoms with E-state index < -0.39 is 0 Å². The zero-order valence-corrected chi connectivity index (χ0v) is 10.6. The number of nitrogens with two attached hydrogens (primary N) is 1. The predicted molar refractivity (Wildman–Crippen MR) is 70.1 cm³/mol. The molecule has 1 amide bonds. The number of hydrogen-bond donors (Lipinski definition) is 1. The molecule has 0 radical (unpaired) electrons. The van der Waals surface area contributed by atoms with Crippen LogP contribution in [0.25, 0.3) is 0 Å². The lowest BCUT2D eigenvalue weighted by Gasteiger charge is -2.11. The van der Waals surface area contributed by atoms with Crippen molar-refractivity contribution in [1.29, 1.82) is 0 Å². The molecule has 1 aliphatic rings. The molecule has 0 fully saturated rings. The predicted octanol–water partition coefficient (Wildman–Crippen LogP) is 1.88. The maximum absolute atomic E-state index is 11.6. The van der Waals surface area contributed by atoms with Gasteiger partial charge in [-0.2, -0.15) is 0 Å². The van der Waals surface area contributed by atoms with Crippen LogP contribution in [0.1, 0.15) is 30.9 Å². The Bertz CT molecular complexity index is 428. The molecule has 0 spiro atoms. The molecule has 0 aromatic heterocycles. The summed E-state index contributed by atoms with van der Waals surface area (Å²) in [4.78, 5) is 13.3. The Morgan fingerprint density at radius 3 is 2.94 bits per heavy atom. The summed E-state index contributed by atoms with van der Waals surface area (Å²) in [6, 6.07) is 6.59. The standard InChI is InChI=1S/C14H20N2O/c1-3-12(15)6-4-10-5-7-13-11(8-10)9-14(17)16(13)2/h5,7-8,12H,3-4,6,9,15H2,1-2H3. The Kier molecular flexibility index (Phi) is 3.48. The Morgan fingerprint density at radius 1 is 1.47 bits per heavy atom. The third-order valence-corrected chi connectivity index (χ3v) is 3.55. The van der Waals surface area contributed by atoms with E-state index in [2.05, 4.69) is 19.1 Å². The lowest BCUT2D eigenvalue weighted by Crippen LogP contribution is -2.20. The van der Waals surface area contributed by atoms with Crippen molar-refractivity contribution in [3.63, 3.8) is 0 Å². The van der Waals surface area contributed by atoms with Crippen molar-refractivity contribution in [2.75, 3.05) is 11.9 Å². The monoisotopic (exact) mass is 232 g/mol. The number of rotatable bonds is 4. The first kappa shape index (κ1) is 12.1. The van der Waals surface area contributed by atoms with Crippen LogP contribution in [0.2, 0.25) is 0 Å². The van der Waals surface area contributed by atoms with Crippen molar-refractivity contribution >= 4 is 11.6 Å². The number of benzene rings is 1. The van der Waals surface area contributed by atoms with Gasteiger partial charge < -0.3 is 10.6 Å². The minimum atomic E-state index is 0.183. The molecule has 1 aromatic carbocycles. The highest BCUT2D eigenvalue weighted by atomic mass is 16.2. The van der Waals surface area contributed by atoms with Crippen molar-refractivity contribution in [3.05, 3.63) is 29.3 Å². The smallest absolute Gasteiger partial charge is 0.231 e. The van der Waals surface area contributed by atoms with Gasteiger partial charge in [-0.15, -0.1) is 0 Å². The third kappa shape index (κ3) is 2.50. The molecule has 1 aromatic rings. The molecule has 1 atom stereocenters. The molecule has 92 valence electrons. The van der Waals surface area contributed by atoms with Crippen molar-refractivity contribution < 1.29 is 4.79 Å². The molecular weight excluding hydrogens is 212 g/mol. The van der Waals surface area contributed by atoms with Crippen LogP contribution in [0.3, 0.4) is 0 Å². The van der Waals surface area contributed by atoms with Gasteiger partial charge in [0.15, 0.2) is 0 Å². The second kappa shape index (κ2) is 4.88. The molecule has 0 saturated carbocycles. The highest BCUT2D eigenvalue weighted by Crippen LogP contribution is 2.28.